The van der Waals surface area contributed by atoms with Crippen molar-refractivity contribution in [1.82, 2.24) is 0 Å². The lowest BCUT2D eigenvalue weighted by atomic mass is 10.1. The summed E-state index contributed by atoms with van der Waals surface area (Å²) in [6.45, 7) is 8.11. The van der Waals surface area contributed by atoms with Crippen LogP contribution in [0.25, 0.3) is 0 Å². The molecule has 0 spiro atoms. The fraction of sp³-hybridized carbons (Fsp3) is 0.556. The van der Waals surface area contributed by atoms with E-state index in [2.05, 4.69) is 27.2 Å². The van der Waals surface area contributed by atoms with Gasteiger partial charge in [0.2, 0.25) is 0 Å². The quantitative estimate of drug-likeness (QED) is 0.434. The Bertz CT molecular complexity index is 238. The standard InChI is InChI=1S/C9H13BrO3/c1-6(2)8(12)13-5-7(11)9(3,4)10/h1,5H2,2-4H3. The van der Waals surface area contributed by atoms with Crippen molar-refractivity contribution in [2.24, 2.45) is 0 Å². The molecule has 0 radical (unpaired) electrons. The first-order chi connectivity index (χ1) is 5.75. The van der Waals surface area contributed by atoms with Gasteiger partial charge in [0.25, 0.3) is 0 Å². The highest BCUT2D eigenvalue weighted by molar-refractivity contribution is 9.10. The summed E-state index contributed by atoms with van der Waals surface area (Å²) >= 11 is 3.17. The van der Waals surface area contributed by atoms with Crippen LogP contribution in [0.3, 0.4) is 0 Å². The maximum absolute atomic E-state index is 11.2. The van der Waals surface area contributed by atoms with Crippen LogP contribution >= 0.6 is 15.9 Å². The maximum Gasteiger partial charge on any atom is 0.333 e. The first kappa shape index (κ1) is 12.4. The first-order valence-corrected chi connectivity index (χ1v) is 4.59. The maximum atomic E-state index is 11.2. The summed E-state index contributed by atoms with van der Waals surface area (Å²) in [4.78, 5) is 22.1. The Hall–Kier alpha value is -0.640. The van der Waals surface area contributed by atoms with Gasteiger partial charge < -0.3 is 4.74 Å². The van der Waals surface area contributed by atoms with Crippen LogP contribution in [-0.4, -0.2) is 22.7 Å². The van der Waals surface area contributed by atoms with Gasteiger partial charge in [-0.15, -0.1) is 0 Å². The van der Waals surface area contributed by atoms with E-state index in [0.717, 1.165) is 0 Å². The third-order valence-electron chi connectivity index (χ3n) is 1.35. The molecule has 0 amide bonds. The number of esters is 1. The monoisotopic (exact) mass is 248 g/mol. The Morgan fingerprint density at radius 1 is 1.46 bits per heavy atom. The molecule has 0 saturated heterocycles. The van der Waals surface area contributed by atoms with Gasteiger partial charge in [0, 0.05) is 5.57 Å². The van der Waals surface area contributed by atoms with Gasteiger partial charge in [-0.05, 0) is 20.8 Å². The molecule has 0 aliphatic heterocycles. The van der Waals surface area contributed by atoms with Gasteiger partial charge >= 0.3 is 5.97 Å². The van der Waals surface area contributed by atoms with Crippen LogP contribution in [0.5, 0.6) is 0 Å². The first-order valence-electron chi connectivity index (χ1n) is 3.80. The minimum atomic E-state index is -0.650. The largest absolute Gasteiger partial charge is 0.454 e. The lowest BCUT2D eigenvalue weighted by Gasteiger charge is -2.14. The fourth-order valence-corrected chi connectivity index (χ4v) is 0.540. The number of halogens is 1. The molecule has 0 fully saturated rings. The van der Waals surface area contributed by atoms with E-state index in [1.165, 1.54) is 6.92 Å². The van der Waals surface area contributed by atoms with Crippen LogP contribution in [0.15, 0.2) is 12.2 Å². The van der Waals surface area contributed by atoms with E-state index in [4.69, 9.17) is 0 Å². The van der Waals surface area contributed by atoms with Crippen LogP contribution in [0.2, 0.25) is 0 Å². The summed E-state index contributed by atoms with van der Waals surface area (Å²) in [5, 5.41) is 0. The zero-order valence-corrected chi connectivity index (χ0v) is 9.60. The van der Waals surface area contributed by atoms with E-state index < -0.39 is 10.3 Å². The van der Waals surface area contributed by atoms with E-state index in [1.54, 1.807) is 13.8 Å². The van der Waals surface area contributed by atoms with Crippen molar-refractivity contribution in [3.8, 4) is 0 Å². The Labute approximate surface area is 86.3 Å². The molecular formula is C9H13BrO3. The zero-order chi connectivity index (χ0) is 10.6. The van der Waals surface area contributed by atoms with Gasteiger partial charge in [-0.2, -0.15) is 0 Å². The molecule has 0 aromatic carbocycles. The Morgan fingerprint density at radius 3 is 2.23 bits per heavy atom. The molecule has 0 saturated carbocycles. The highest BCUT2D eigenvalue weighted by Gasteiger charge is 2.24. The minimum Gasteiger partial charge on any atom is -0.454 e. The third kappa shape index (κ3) is 4.83. The minimum absolute atomic E-state index is 0.179. The molecule has 0 aliphatic rings. The second kappa shape index (κ2) is 4.56. The van der Waals surface area contributed by atoms with E-state index in [1.807, 2.05) is 0 Å². The molecular weight excluding hydrogens is 236 g/mol. The van der Waals surface area contributed by atoms with Crippen molar-refractivity contribution in [3.63, 3.8) is 0 Å². The second-order valence-electron chi connectivity index (χ2n) is 3.25. The number of carbonyl (C=O) groups excluding carboxylic acids is 2. The molecule has 0 rings (SSSR count). The number of rotatable bonds is 4. The molecule has 0 heterocycles. The Kier molecular flexibility index (Phi) is 4.33. The van der Waals surface area contributed by atoms with Crippen LogP contribution in [0.1, 0.15) is 20.8 Å². The molecule has 0 aliphatic carbocycles. The van der Waals surface area contributed by atoms with Crippen molar-refractivity contribution < 1.29 is 14.3 Å². The van der Waals surface area contributed by atoms with Crippen molar-refractivity contribution in [3.05, 3.63) is 12.2 Å². The average molecular weight is 249 g/mol. The van der Waals surface area contributed by atoms with Gasteiger partial charge in [0.05, 0.1) is 4.32 Å². The molecule has 0 atom stereocenters. The number of ketones is 1. The zero-order valence-electron chi connectivity index (χ0n) is 8.02. The summed E-state index contributed by atoms with van der Waals surface area (Å²) in [5.41, 5.74) is 0.292. The number of alkyl halides is 1. The number of Topliss-reactive ketones (excluding diaryl/α,β-unsaturated/α-hetero) is 1. The lowest BCUT2D eigenvalue weighted by molar-refractivity contribution is -0.144. The molecule has 0 aromatic heterocycles. The number of hydrogen-bond acceptors (Lipinski definition) is 3. The second-order valence-corrected chi connectivity index (χ2v) is 5.23. The predicted octanol–water partition coefficient (Wildman–Crippen LogP) is 1.85. The topological polar surface area (TPSA) is 43.4 Å². The predicted molar refractivity (Wildman–Crippen MR) is 53.8 cm³/mol. The van der Waals surface area contributed by atoms with Crippen molar-refractivity contribution in [1.29, 1.82) is 0 Å². The third-order valence-corrected chi connectivity index (χ3v) is 1.79. The molecule has 3 nitrogen and oxygen atoms in total. The molecule has 0 unspecified atom stereocenters. The SMILES string of the molecule is C=C(C)C(=O)OCC(=O)C(C)(C)Br. The molecule has 4 heteroatoms. The van der Waals surface area contributed by atoms with Crippen molar-refractivity contribution in [2.45, 2.75) is 25.1 Å². The van der Waals surface area contributed by atoms with Gasteiger partial charge in [-0.1, -0.05) is 22.5 Å². The lowest BCUT2D eigenvalue weighted by Crippen LogP contribution is -2.29. The van der Waals surface area contributed by atoms with Crippen LogP contribution < -0.4 is 0 Å². The summed E-state index contributed by atoms with van der Waals surface area (Å²) in [5.74, 6) is -0.716. The van der Waals surface area contributed by atoms with Crippen LogP contribution in [-0.2, 0) is 14.3 Å². The molecule has 13 heavy (non-hydrogen) atoms. The van der Waals surface area contributed by atoms with Gasteiger partial charge in [-0.25, -0.2) is 4.79 Å². The van der Waals surface area contributed by atoms with E-state index in [9.17, 15) is 9.59 Å². The smallest absolute Gasteiger partial charge is 0.333 e. The van der Waals surface area contributed by atoms with Gasteiger partial charge in [0.1, 0.15) is 0 Å². The summed E-state index contributed by atoms with van der Waals surface area (Å²) in [7, 11) is 0. The molecule has 0 aromatic rings. The van der Waals surface area contributed by atoms with E-state index >= 15 is 0 Å². The Balaban J connectivity index is 3.99. The molecule has 0 N–H and O–H groups in total. The van der Waals surface area contributed by atoms with Crippen molar-refractivity contribution >= 4 is 27.7 Å². The Morgan fingerprint density at radius 2 is 1.92 bits per heavy atom. The van der Waals surface area contributed by atoms with Gasteiger partial charge in [-0.3, -0.25) is 4.79 Å². The number of hydrogen-bond donors (Lipinski definition) is 0. The highest BCUT2D eigenvalue weighted by atomic mass is 79.9. The van der Waals surface area contributed by atoms with Gasteiger partial charge in [0.15, 0.2) is 12.4 Å². The summed E-state index contributed by atoms with van der Waals surface area (Å²) < 4.78 is 4.02. The summed E-state index contributed by atoms with van der Waals surface area (Å²) in [6.07, 6.45) is 0. The highest BCUT2D eigenvalue weighted by Crippen LogP contribution is 2.16. The fourth-order valence-electron chi connectivity index (χ4n) is 0.426. The van der Waals surface area contributed by atoms with Crippen LogP contribution in [0, 0.1) is 0 Å². The van der Waals surface area contributed by atoms with Crippen LogP contribution in [0.4, 0.5) is 0 Å². The van der Waals surface area contributed by atoms with E-state index in [0.29, 0.717) is 5.57 Å². The average Bonchev–Trinajstić information content (AvgIpc) is 1.97. The number of carbonyl (C=O) groups is 2. The summed E-state index contributed by atoms with van der Waals surface area (Å²) in [6, 6.07) is 0. The normalized spacial score (nSPS) is 10.8. The number of ether oxygens (including phenoxy) is 1. The molecule has 0 bridgehead atoms. The molecule has 74 valence electrons. The van der Waals surface area contributed by atoms with E-state index in [-0.39, 0.29) is 12.4 Å². The van der Waals surface area contributed by atoms with Crippen molar-refractivity contribution in [2.75, 3.05) is 6.61 Å².